The third kappa shape index (κ3) is 6.92. The first kappa shape index (κ1) is 27.3. The molecular formula is C21H29N5O10. The summed E-state index contributed by atoms with van der Waals surface area (Å²) < 4.78 is 28.5. The van der Waals surface area contributed by atoms with Gasteiger partial charge in [0, 0.05) is 27.2 Å². The quantitative estimate of drug-likeness (QED) is 0.184. The number of aliphatic hydroxyl groups excluding tert-OH is 2. The van der Waals surface area contributed by atoms with E-state index in [0.717, 1.165) is 0 Å². The molecule has 0 aliphatic carbocycles. The first-order valence-electron chi connectivity index (χ1n) is 11.1. The summed E-state index contributed by atoms with van der Waals surface area (Å²) in [7, 11) is 0. The number of rotatable bonds is 12. The number of aliphatic hydroxyl groups is 2. The molecular weight excluding hydrogens is 482 g/mol. The fraction of sp³-hybridized carbons (Fsp3) is 0.619. The van der Waals surface area contributed by atoms with E-state index in [-0.39, 0.29) is 38.2 Å². The third-order valence-corrected chi connectivity index (χ3v) is 5.15. The van der Waals surface area contributed by atoms with Crippen LogP contribution in [0.1, 0.15) is 33.4 Å². The van der Waals surface area contributed by atoms with Gasteiger partial charge in [-0.2, -0.15) is 0 Å². The number of imidazole rings is 1. The predicted octanol–water partition coefficient (Wildman–Crippen LogP) is -0.720. The van der Waals surface area contributed by atoms with Gasteiger partial charge in [-0.15, -0.1) is 0 Å². The monoisotopic (exact) mass is 511 g/mol. The van der Waals surface area contributed by atoms with Crippen molar-refractivity contribution in [1.29, 1.82) is 0 Å². The molecule has 1 fully saturated rings. The van der Waals surface area contributed by atoms with E-state index in [4.69, 9.17) is 23.7 Å². The lowest BCUT2D eigenvalue weighted by Crippen LogP contribution is -2.36. The lowest BCUT2D eigenvalue weighted by atomic mass is 10.1. The highest BCUT2D eigenvalue weighted by Crippen LogP contribution is 2.34. The molecule has 3 heterocycles. The third-order valence-electron chi connectivity index (χ3n) is 5.15. The van der Waals surface area contributed by atoms with Crippen LogP contribution in [0.3, 0.4) is 0 Å². The van der Waals surface area contributed by atoms with Gasteiger partial charge in [0.15, 0.2) is 23.2 Å². The maximum Gasteiger partial charge on any atom is 0.303 e. The number of nitrogens with one attached hydrogen (secondary N) is 1. The van der Waals surface area contributed by atoms with E-state index in [0.29, 0.717) is 11.2 Å². The summed E-state index contributed by atoms with van der Waals surface area (Å²) in [6.07, 6.45) is -1.84. The maximum atomic E-state index is 11.5. The lowest BCUT2D eigenvalue weighted by molar-refractivity contribution is -0.160. The predicted molar refractivity (Wildman–Crippen MR) is 119 cm³/mol. The van der Waals surface area contributed by atoms with Gasteiger partial charge in [0.1, 0.15) is 44.1 Å². The SMILES string of the molecule is CC(=O)Nc1ncnc2c1ncn2[C@@H]1O[C@H](CO)C(O)[C@@H]1OCOCCC(COC(C)=O)OC(C)=O. The van der Waals surface area contributed by atoms with Gasteiger partial charge >= 0.3 is 11.9 Å². The molecule has 1 aliphatic rings. The van der Waals surface area contributed by atoms with Crippen molar-refractivity contribution in [3.05, 3.63) is 12.7 Å². The smallest absolute Gasteiger partial charge is 0.303 e. The van der Waals surface area contributed by atoms with E-state index >= 15 is 0 Å². The van der Waals surface area contributed by atoms with Gasteiger partial charge in [0.05, 0.1) is 19.5 Å². The number of hydrogen-bond acceptors (Lipinski definition) is 13. The van der Waals surface area contributed by atoms with E-state index < -0.39 is 49.2 Å². The largest absolute Gasteiger partial charge is 0.462 e. The zero-order chi connectivity index (χ0) is 26.2. The van der Waals surface area contributed by atoms with Crippen LogP contribution in [0.4, 0.5) is 5.82 Å². The fourth-order valence-electron chi connectivity index (χ4n) is 3.59. The summed E-state index contributed by atoms with van der Waals surface area (Å²) in [6, 6.07) is 0. The normalized spacial score (nSPS) is 22.4. The Kier molecular flexibility index (Phi) is 9.60. The molecule has 15 nitrogen and oxygen atoms in total. The van der Waals surface area contributed by atoms with Crippen LogP contribution in [0.5, 0.6) is 0 Å². The first-order valence-corrected chi connectivity index (χ1v) is 11.1. The zero-order valence-electron chi connectivity index (χ0n) is 20.0. The maximum absolute atomic E-state index is 11.5. The highest BCUT2D eigenvalue weighted by molar-refractivity contribution is 5.95. The number of carbonyl (C=O) groups is 3. The fourth-order valence-corrected chi connectivity index (χ4v) is 3.59. The van der Waals surface area contributed by atoms with Gasteiger partial charge < -0.3 is 39.2 Å². The molecule has 2 aromatic rings. The highest BCUT2D eigenvalue weighted by atomic mass is 16.7. The van der Waals surface area contributed by atoms with E-state index in [1.807, 2.05) is 0 Å². The Morgan fingerprint density at radius 3 is 2.64 bits per heavy atom. The van der Waals surface area contributed by atoms with E-state index in [9.17, 15) is 24.6 Å². The van der Waals surface area contributed by atoms with Crippen molar-refractivity contribution in [1.82, 2.24) is 19.5 Å². The molecule has 0 spiro atoms. The summed E-state index contributed by atoms with van der Waals surface area (Å²) in [6.45, 7) is 3.09. The van der Waals surface area contributed by atoms with Crippen LogP contribution in [-0.4, -0.2) is 98.6 Å². The van der Waals surface area contributed by atoms with Crippen LogP contribution in [0.2, 0.25) is 0 Å². The molecule has 1 amide bonds. The highest BCUT2D eigenvalue weighted by Gasteiger charge is 2.46. The molecule has 1 saturated heterocycles. The average molecular weight is 511 g/mol. The molecule has 3 N–H and O–H groups in total. The minimum absolute atomic E-state index is 0.0955. The molecule has 5 atom stereocenters. The van der Waals surface area contributed by atoms with Crippen molar-refractivity contribution in [2.75, 3.05) is 31.9 Å². The van der Waals surface area contributed by atoms with Gasteiger partial charge in [-0.25, -0.2) is 15.0 Å². The standard InChI is InChI=1S/C21H29N5O10/c1-11(28)25-19-16-20(23-8-22-19)26(9-24-16)21-18(17(31)15(6-27)36-21)34-10-32-5-4-14(35-13(3)30)7-33-12(2)29/h8-9,14-15,17-18,21,27,31H,4-7,10H2,1-3H3,(H,22,23,25,28)/t14?,15-,17?,18+,21-/m1/s1. The summed E-state index contributed by atoms with van der Waals surface area (Å²) >= 11 is 0. The number of nitrogens with zero attached hydrogens (tertiary/aromatic N) is 4. The van der Waals surface area contributed by atoms with E-state index in [1.54, 1.807) is 0 Å². The summed E-state index contributed by atoms with van der Waals surface area (Å²) in [5.41, 5.74) is 0.617. The van der Waals surface area contributed by atoms with Crippen molar-refractivity contribution in [2.24, 2.45) is 0 Å². The Morgan fingerprint density at radius 2 is 1.97 bits per heavy atom. The number of esters is 2. The Bertz CT molecular complexity index is 1060. The zero-order valence-corrected chi connectivity index (χ0v) is 20.0. The first-order chi connectivity index (χ1) is 17.2. The molecule has 36 heavy (non-hydrogen) atoms. The van der Waals surface area contributed by atoms with Crippen LogP contribution in [0, 0.1) is 0 Å². The van der Waals surface area contributed by atoms with E-state index in [1.165, 1.54) is 38.0 Å². The number of anilines is 1. The Hall–Kier alpha value is -3.24. The molecule has 3 rings (SSSR count). The second kappa shape index (κ2) is 12.6. The molecule has 198 valence electrons. The van der Waals surface area contributed by atoms with E-state index in [2.05, 4.69) is 20.3 Å². The van der Waals surface area contributed by atoms with Crippen molar-refractivity contribution < 1.29 is 48.3 Å². The molecule has 15 heteroatoms. The van der Waals surface area contributed by atoms with Crippen LogP contribution in [0.25, 0.3) is 11.2 Å². The molecule has 0 radical (unpaired) electrons. The number of amides is 1. The number of carbonyl (C=O) groups excluding carboxylic acids is 3. The van der Waals surface area contributed by atoms with Crippen LogP contribution in [-0.2, 0) is 38.1 Å². The number of hydrogen-bond donors (Lipinski definition) is 3. The van der Waals surface area contributed by atoms with Crippen LogP contribution in [0.15, 0.2) is 12.7 Å². The summed E-state index contributed by atoms with van der Waals surface area (Å²) in [4.78, 5) is 46.2. The molecule has 2 aromatic heterocycles. The van der Waals surface area contributed by atoms with Crippen molar-refractivity contribution in [3.63, 3.8) is 0 Å². The topological polar surface area (TPSA) is 193 Å². The van der Waals surface area contributed by atoms with Gasteiger partial charge in [-0.1, -0.05) is 0 Å². The van der Waals surface area contributed by atoms with Gasteiger partial charge in [0.2, 0.25) is 5.91 Å². The molecule has 0 saturated carbocycles. The average Bonchev–Trinajstić information content (AvgIpc) is 3.37. The van der Waals surface area contributed by atoms with Crippen LogP contribution < -0.4 is 5.32 Å². The minimum atomic E-state index is -1.20. The molecule has 0 aromatic carbocycles. The van der Waals surface area contributed by atoms with Crippen molar-refractivity contribution in [2.45, 2.75) is 57.8 Å². The van der Waals surface area contributed by atoms with Crippen LogP contribution >= 0.6 is 0 Å². The van der Waals surface area contributed by atoms with Gasteiger partial charge in [-0.05, 0) is 0 Å². The van der Waals surface area contributed by atoms with Gasteiger partial charge in [-0.3, -0.25) is 19.0 Å². The number of ether oxygens (including phenoxy) is 5. The number of fused-ring (bicyclic) bond motifs is 1. The Balaban J connectivity index is 1.64. The number of aromatic nitrogens is 4. The molecule has 0 bridgehead atoms. The lowest BCUT2D eigenvalue weighted by Gasteiger charge is -2.22. The summed E-state index contributed by atoms with van der Waals surface area (Å²) in [5, 5.41) is 22.8. The van der Waals surface area contributed by atoms with Crippen molar-refractivity contribution >= 4 is 34.8 Å². The minimum Gasteiger partial charge on any atom is -0.462 e. The molecule has 1 aliphatic heterocycles. The second-order valence-corrected chi connectivity index (χ2v) is 7.95. The Morgan fingerprint density at radius 1 is 1.19 bits per heavy atom. The van der Waals surface area contributed by atoms with Gasteiger partial charge in [0.25, 0.3) is 0 Å². The Labute approximate surface area is 205 Å². The summed E-state index contributed by atoms with van der Waals surface area (Å²) in [5.74, 6) is -1.15. The second-order valence-electron chi connectivity index (χ2n) is 7.95. The van der Waals surface area contributed by atoms with Crippen molar-refractivity contribution in [3.8, 4) is 0 Å². The molecule has 2 unspecified atom stereocenters.